The van der Waals surface area contributed by atoms with Gasteiger partial charge in [-0.05, 0) is 30.7 Å². The molecule has 0 aliphatic rings. The Kier molecular flexibility index (Phi) is 7.49. The number of imide groups is 1. The number of carbonyl (C=O) groups excluding carboxylic acids is 2. The highest BCUT2D eigenvalue weighted by atomic mass is 35.5. The number of thioether (sulfide) groups is 1. The molecule has 0 aliphatic carbocycles. The van der Waals surface area contributed by atoms with E-state index in [9.17, 15) is 9.59 Å². The topological polar surface area (TPSA) is 109 Å². The van der Waals surface area contributed by atoms with Gasteiger partial charge in [0, 0.05) is 11.6 Å². The first-order chi connectivity index (χ1) is 12.5. The van der Waals surface area contributed by atoms with Gasteiger partial charge in [-0.25, -0.2) is 9.78 Å². The molecule has 1 aromatic carbocycles. The van der Waals surface area contributed by atoms with Crippen molar-refractivity contribution in [1.29, 1.82) is 0 Å². The molecule has 0 aliphatic heterocycles. The summed E-state index contributed by atoms with van der Waals surface area (Å²) in [6.07, 6.45) is 1.52. The normalized spacial score (nSPS) is 10.2. The number of amides is 3. The number of hydrogen-bond donors (Lipinski definition) is 3. The molecule has 10 heteroatoms. The monoisotopic (exact) mass is 395 g/mol. The molecule has 0 saturated carbocycles. The smallest absolute Gasteiger partial charge is 0.321 e. The van der Waals surface area contributed by atoms with Crippen LogP contribution >= 0.6 is 23.4 Å². The van der Waals surface area contributed by atoms with Crippen LogP contribution in [0.5, 0.6) is 5.75 Å². The van der Waals surface area contributed by atoms with Crippen molar-refractivity contribution in [3.8, 4) is 5.75 Å². The first kappa shape index (κ1) is 19.8. The summed E-state index contributed by atoms with van der Waals surface area (Å²) in [4.78, 5) is 27.2. The third-order valence-corrected chi connectivity index (χ3v) is 4.28. The molecule has 8 nitrogen and oxygen atoms in total. The van der Waals surface area contributed by atoms with Gasteiger partial charge in [0.2, 0.25) is 11.1 Å². The minimum absolute atomic E-state index is 0.00996. The van der Waals surface area contributed by atoms with Crippen LogP contribution in [0.2, 0.25) is 5.02 Å². The van der Waals surface area contributed by atoms with Crippen LogP contribution in [0.25, 0.3) is 0 Å². The molecule has 0 unspecified atom stereocenters. The number of nitrogens with zero attached hydrogens (tertiary/aromatic N) is 2. The fourth-order valence-corrected chi connectivity index (χ4v) is 2.50. The molecule has 1 aromatic heterocycles. The van der Waals surface area contributed by atoms with E-state index in [1.807, 2.05) is 13.0 Å². The second kappa shape index (κ2) is 9.83. The Labute approximate surface area is 159 Å². The van der Waals surface area contributed by atoms with Gasteiger partial charge in [-0.3, -0.25) is 15.2 Å². The number of aryl methyl sites for hydroxylation is 1. The lowest BCUT2D eigenvalue weighted by Gasteiger charge is -2.05. The van der Waals surface area contributed by atoms with Crippen molar-refractivity contribution in [3.05, 3.63) is 47.3 Å². The second-order valence-corrected chi connectivity index (χ2v) is 6.45. The maximum Gasteiger partial charge on any atom is 0.321 e. The zero-order valence-electron chi connectivity index (χ0n) is 14.0. The van der Waals surface area contributed by atoms with E-state index in [0.29, 0.717) is 21.8 Å². The van der Waals surface area contributed by atoms with E-state index in [1.54, 1.807) is 12.1 Å². The number of ether oxygens (including phenoxy) is 1. The van der Waals surface area contributed by atoms with Crippen LogP contribution in [0, 0.1) is 6.92 Å². The van der Waals surface area contributed by atoms with Gasteiger partial charge in [0.15, 0.2) is 5.82 Å². The highest BCUT2D eigenvalue weighted by Gasteiger charge is 2.10. The molecule has 2 rings (SSSR count). The lowest BCUT2D eigenvalue weighted by atomic mass is 10.2. The van der Waals surface area contributed by atoms with Crippen molar-refractivity contribution in [2.75, 3.05) is 12.3 Å². The Morgan fingerprint density at radius 3 is 3.00 bits per heavy atom. The molecule has 2 aromatic rings. The number of aromatic nitrogens is 3. The van der Waals surface area contributed by atoms with Crippen LogP contribution in [0.15, 0.2) is 36.0 Å². The molecule has 3 N–H and O–H groups in total. The third kappa shape index (κ3) is 6.41. The van der Waals surface area contributed by atoms with Gasteiger partial charge in [0.1, 0.15) is 12.4 Å². The number of carbonyl (C=O) groups is 2. The molecular weight excluding hydrogens is 378 g/mol. The van der Waals surface area contributed by atoms with Crippen LogP contribution in [0.3, 0.4) is 0 Å². The Bertz CT molecular complexity index is 796. The van der Waals surface area contributed by atoms with Crippen LogP contribution in [-0.2, 0) is 11.4 Å². The molecule has 0 atom stereocenters. The van der Waals surface area contributed by atoms with Gasteiger partial charge in [-0.15, -0.1) is 11.7 Å². The van der Waals surface area contributed by atoms with Crippen LogP contribution in [-0.4, -0.2) is 39.4 Å². The number of benzene rings is 1. The highest BCUT2D eigenvalue weighted by molar-refractivity contribution is 7.99. The number of halogens is 1. The Morgan fingerprint density at radius 2 is 2.27 bits per heavy atom. The molecule has 1 heterocycles. The SMILES string of the molecule is C=CCNC(=O)NC(=O)CSc1n[nH]c(COc2ccc(Cl)c(C)c2)n1. The maximum atomic E-state index is 11.6. The van der Waals surface area contributed by atoms with Crippen molar-refractivity contribution < 1.29 is 14.3 Å². The van der Waals surface area contributed by atoms with Crippen LogP contribution in [0.1, 0.15) is 11.4 Å². The summed E-state index contributed by atoms with van der Waals surface area (Å²) in [6, 6.07) is 4.79. The molecule has 0 spiro atoms. The molecule has 0 bridgehead atoms. The Hall–Kier alpha value is -2.52. The zero-order chi connectivity index (χ0) is 18.9. The highest BCUT2D eigenvalue weighted by Crippen LogP contribution is 2.21. The Balaban J connectivity index is 1.76. The van der Waals surface area contributed by atoms with Crippen molar-refractivity contribution in [1.82, 2.24) is 25.8 Å². The number of H-pyrrole nitrogens is 1. The van der Waals surface area contributed by atoms with Gasteiger partial charge < -0.3 is 10.1 Å². The van der Waals surface area contributed by atoms with E-state index < -0.39 is 11.9 Å². The van der Waals surface area contributed by atoms with Gasteiger partial charge in [0.05, 0.1) is 5.75 Å². The summed E-state index contributed by atoms with van der Waals surface area (Å²) in [5.41, 5.74) is 0.918. The van der Waals surface area contributed by atoms with E-state index in [2.05, 4.69) is 32.4 Å². The summed E-state index contributed by atoms with van der Waals surface area (Å²) in [6.45, 7) is 5.84. The summed E-state index contributed by atoms with van der Waals surface area (Å²) in [5, 5.41) is 12.4. The maximum absolute atomic E-state index is 11.6. The largest absolute Gasteiger partial charge is 0.486 e. The van der Waals surface area contributed by atoms with Gasteiger partial charge in [-0.2, -0.15) is 0 Å². The van der Waals surface area contributed by atoms with E-state index in [1.165, 1.54) is 6.08 Å². The molecule has 138 valence electrons. The predicted molar refractivity (Wildman–Crippen MR) is 99.4 cm³/mol. The average molecular weight is 396 g/mol. The summed E-state index contributed by atoms with van der Waals surface area (Å²) >= 11 is 7.07. The lowest BCUT2D eigenvalue weighted by Crippen LogP contribution is -2.40. The first-order valence-corrected chi connectivity index (χ1v) is 8.96. The van der Waals surface area contributed by atoms with Crippen molar-refractivity contribution in [3.63, 3.8) is 0 Å². The van der Waals surface area contributed by atoms with Crippen molar-refractivity contribution in [2.45, 2.75) is 18.7 Å². The van der Waals surface area contributed by atoms with Crippen molar-refractivity contribution in [2.24, 2.45) is 0 Å². The average Bonchev–Trinajstić information content (AvgIpc) is 3.07. The Morgan fingerprint density at radius 1 is 1.46 bits per heavy atom. The van der Waals surface area contributed by atoms with E-state index in [-0.39, 0.29) is 18.9 Å². The van der Waals surface area contributed by atoms with Gasteiger partial charge >= 0.3 is 6.03 Å². The van der Waals surface area contributed by atoms with Crippen molar-refractivity contribution >= 4 is 35.3 Å². The standard InChI is InChI=1S/C16H18ClN5O3S/c1-3-6-18-15(24)20-14(23)9-26-16-19-13(21-22-16)8-25-11-4-5-12(17)10(2)7-11/h3-5,7H,1,6,8-9H2,2H3,(H,19,21,22)(H2,18,20,23,24). The zero-order valence-corrected chi connectivity index (χ0v) is 15.6. The molecule has 0 radical (unpaired) electrons. The quantitative estimate of drug-likeness (QED) is 0.468. The molecule has 26 heavy (non-hydrogen) atoms. The first-order valence-electron chi connectivity index (χ1n) is 7.59. The fraction of sp³-hybridized carbons (Fsp3) is 0.250. The lowest BCUT2D eigenvalue weighted by molar-refractivity contribution is -0.117. The summed E-state index contributed by atoms with van der Waals surface area (Å²) in [5.74, 6) is 0.748. The number of urea groups is 1. The van der Waals surface area contributed by atoms with E-state index >= 15 is 0 Å². The number of aromatic amines is 1. The van der Waals surface area contributed by atoms with Crippen LogP contribution < -0.4 is 15.4 Å². The van der Waals surface area contributed by atoms with E-state index in [4.69, 9.17) is 16.3 Å². The minimum Gasteiger partial charge on any atom is -0.486 e. The molecular formula is C16H18ClN5O3S. The molecule has 3 amide bonds. The summed E-state index contributed by atoms with van der Waals surface area (Å²) < 4.78 is 5.62. The predicted octanol–water partition coefficient (Wildman–Crippen LogP) is 2.45. The number of rotatable bonds is 8. The summed E-state index contributed by atoms with van der Waals surface area (Å²) in [7, 11) is 0. The van der Waals surface area contributed by atoms with Gasteiger partial charge in [0.25, 0.3) is 0 Å². The minimum atomic E-state index is -0.571. The van der Waals surface area contributed by atoms with E-state index in [0.717, 1.165) is 17.3 Å². The number of nitrogens with one attached hydrogen (secondary N) is 3. The third-order valence-electron chi connectivity index (χ3n) is 3.01. The molecule has 0 fully saturated rings. The fourth-order valence-electron chi connectivity index (χ4n) is 1.77. The second-order valence-electron chi connectivity index (χ2n) is 5.10. The number of hydrogen-bond acceptors (Lipinski definition) is 6. The molecule has 0 saturated heterocycles. The van der Waals surface area contributed by atoms with Crippen LogP contribution in [0.4, 0.5) is 4.79 Å². The van der Waals surface area contributed by atoms with Gasteiger partial charge in [-0.1, -0.05) is 29.4 Å².